The van der Waals surface area contributed by atoms with Gasteiger partial charge in [-0.2, -0.15) is 0 Å². The first-order chi connectivity index (χ1) is 11.2. The van der Waals surface area contributed by atoms with Crippen molar-refractivity contribution in [2.45, 2.75) is 12.5 Å². The summed E-state index contributed by atoms with van der Waals surface area (Å²) < 4.78 is 10.2. The average Bonchev–Trinajstić information content (AvgIpc) is 3.04. The summed E-state index contributed by atoms with van der Waals surface area (Å²) in [5.74, 6) is 0.549. The second kappa shape index (κ2) is 6.35. The van der Waals surface area contributed by atoms with E-state index in [0.717, 1.165) is 5.56 Å². The lowest BCUT2D eigenvalue weighted by atomic mass is 10.1. The Labute approximate surface area is 132 Å². The standard InChI is InChI=1S/C16H14N2O5/c1-21-16(20)13-7-6-12(9-17-13)22-15-8-14(23-18-15)10-2-4-11(19)5-3-10/h2-7,9,14,19H,8H2,1H3/t14-/m0/s1. The van der Waals surface area contributed by atoms with Gasteiger partial charge in [0.1, 0.15) is 17.2 Å². The molecule has 0 amide bonds. The molecule has 1 aliphatic rings. The minimum absolute atomic E-state index is 0.195. The molecule has 2 aromatic rings. The third-order valence-corrected chi connectivity index (χ3v) is 3.27. The highest BCUT2D eigenvalue weighted by Gasteiger charge is 2.24. The van der Waals surface area contributed by atoms with E-state index in [9.17, 15) is 9.90 Å². The van der Waals surface area contributed by atoms with E-state index in [0.29, 0.717) is 18.1 Å². The monoisotopic (exact) mass is 314 g/mol. The molecule has 23 heavy (non-hydrogen) atoms. The van der Waals surface area contributed by atoms with Crippen LogP contribution in [0.1, 0.15) is 28.6 Å². The maximum atomic E-state index is 11.3. The van der Waals surface area contributed by atoms with Gasteiger partial charge in [-0.1, -0.05) is 17.3 Å². The van der Waals surface area contributed by atoms with Gasteiger partial charge < -0.3 is 19.4 Å². The van der Waals surface area contributed by atoms with Gasteiger partial charge in [0.25, 0.3) is 0 Å². The number of benzene rings is 1. The molecule has 0 unspecified atom stereocenters. The first-order valence-corrected chi connectivity index (χ1v) is 6.89. The van der Waals surface area contributed by atoms with Gasteiger partial charge in [-0.3, -0.25) is 0 Å². The maximum absolute atomic E-state index is 11.3. The van der Waals surface area contributed by atoms with Crippen LogP contribution in [0, 0.1) is 0 Å². The molecule has 1 aromatic carbocycles. The molecule has 7 heteroatoms. The van der Waals surface area contributed by atoms with E-state index in [1.807, 2.05) is 0 Å². The van der Waals surface area contributed by atoms with Crippen molar-refractivity contribution in [3.8, 4) is 11.5 Å². The van der Waals surface area contributed by atoms with E-state index in [2.05, 4.69) is 14.9 Å². The first-order valence-electron chi connectivity index (χ1n) is 6.89. The third kappa shape index (κ3) is 3.39. The van der Waals surface area contributed by atoms with Crippen LogP contribution in [0.25, 0.3) is 0 Å². The lowest BCUT2D eigenvalue weighted by molar-refractivity contribution is 0.0594. The molecular formula is C16H14N2O5. The highest BCUT2D eigenvalue weighted by molar-refractivity contribution is 5.87. The first kappa shape index (κ1) is 14.8. The van der Waals surface area contributed by atoms with Crippen molar-refractivity contribution in [2.75, 3.05) is 7.11 Å². The van der Waals surface area contributed by atoms with Crippen molar-refractivity contribution in [1.82, 2.24) is 4.98 Å². The molecule has 118 valence electrons. The molecule has 3 rings (SSSR count). The number of aromatic hydroxyl groups is 1. The highest BCUT2D eigenvalue weighted by atomic mass is 16.7. The Morgan fingerprint density at radius 3 is 2.70 bits per heavy atom. The van der Waals surface area contributed by atoms with E-state index >= 15 is 0 Å². The summed E-state index contributed by atoms with van der Waals surface area (Å²) in [5.41, 5.74) is 1.09. The third-order valence-electron chi connectivity index (χ3n) is 3.27. The number of pyridine rings is 1. The number of ether oxygens (including phenoxy) is 2. The van der Waals surface area contributed by atoms with Crippen LogP contribution in [0.3, 0.4) is 0 Å². The summed E-state index contributed by atoms with van der Waals surface area (Å²) >= 11 is 0. The van der Waals surface area contributed by atoms with Crippen molar-refractivity contribution in [3.63, 3.8) is 0 Å². The molecule has 0 fully saturated rings. The summed E-state index contributed by atoms with van der Waals surface area (Å²) in [6, 6.07) is 9.83. The molecule has 0 saturated carbocycles. The van der Waals surface area contributed by atoms with E-state index in [-0.39, 0.29) is 17.5 Å². The van der Waals surface area contributed by atoms with Crippen LogP contribution < -0.4 is 4.74 Å². The van der Waals surface area contributed by atoms with Gasteiger partial charge in [-0.05, 0) is 29.8 Å². The molecule has 0 spiro atoms. The zero-order valence-electron chi connectivity index (χ0n) is 12.3. The zero-order valence-corrected chi connectivity index (χ0v) is 12.3. The fraction of sp³-hybridized carbons (Fsp3) is 0.188. The summed E-state index contributed by atoms with van der Waals surface area (Å²) in [6.45, 7) is 0. The molecule has 2 heterocycles. The summed E-state index contributed by atoms with van der Waals surface area (Å²) in [7, 11) is 1.29. The SMILES string of the molecule is COC(=O)c1ccc(OC2=NO[C@H](c3ccc(O)cc3)C2)cn1. The summed E-state index contributed by atoms with van der Waals surface area (Å²) in [6.07, 6.45) is 1.62. The van der Waals surface area contributed by atoms with Crippen molar-refractivity contribution in [1.29, 1.82) is 0 Å². The molecular weight excluding hydrogens is 300 g/mol. The number of rotatable bonds is 3. The van der Waals surface area contributed by atoms with Crippen LogP contribution in [0.15, 0.2) is 47.8 Å². The number of esters is 1. The number of phenolic OH excluding ortho intramolecular Hbond substituents is 1. The number of oxime groups is 1. The molecule has 0 radical (unpaired) electrons. The fourth-order valence-electron chi connectivity index (χ4n) is 2.09. The number of carbonyl (C=O) groups is 1. The number of aromatic nitrogens is 1. The van der Waals surface area contributed by atoms with Gasteiger partial charge in [0.15, 0.2) is 6.10 Å². The second-order valence-corrected chi connectivity index (χ2v) is 4.85. The molecule has 7 nitrogen and oxygen atoms in total. The van der Waals surface area contributed by atoms with Gasteiger partial charge >= 0.3 is 5.97 Å². The Kier molecular flexibility index (Phi) is 4.09. The molecule has 0 aliphatic carbocycles. The van der Waals surface area contributed by atoms with Crippen LogP contribution in [0.4, 0.5) is 0 Å². The number of phenols is 1. The predicted octanol–water partition coefficient (Wildman–Crippen LogP) is 2.43. The smallest absolute Gasteiger partial charge is 0.356 e. The van der Waals surface area contributed by atoms with Crippen LogP contribution >= 0.6 is 0 Å². The topological polar surface area (TPSA) is 90.2 Å². The van der Waals surface area contributed by atoms with Gasteiger partial charge in [0, 0.05) is 0 Å². The number of nitrogens with zero attached hydrogens (tertiary/aromatic N) is 2. The number of carbonyl (C=O) groups excluding carboxylic acids is 1. The number of hydrogen-bond donors (Lipinski definition) is 1. The molecule has 0 bridgehead atoms. The van der Waals surface area contributed by atoms with Crippen LogP contribution in [-0.4, -0.2) is 29.1 Å². The van der Waals surface area contributed by atoms with E-state index < -0.39 is 5.97 Å². The minimum Gasteiger partial charge on any atom is -0.508 e. The Morgan fingerprint density at radius 1 is 1.26 bits per heavy atom. The van der Waals surface area contributed by atoms with Gasteiger partial charge in [0.05, 0.1) is 19.7 Å². The van der Waals surface area contributed by atoms with E-state index in [1.54, 1.807) is 30.3 Å². The molecule has 1 aliphatic heterocycles. The lowest BCUT2D eigenvalue weighted by Crippen LogP contribution is -2.08. The van der Waals surface area contributed by atoms with Gasteiger partial charge in [-0.25, -0.2) is 9.78 Å². The van der Waals surface area contributed by atoms with Crippen molar-refractivity contribution in [3.05, 3.63) is 53.9 Å². The number of methoxy groups -OCH3 is 1. The highest BCUT2D eigenvalue weighted by Crippen LogP contribution is 2.29. The maximum Gasteiger partial charge on any atom is 0.356 e. The van der Waals surface area contributed by atoms with Gasteiger partial charge in [-0.15, -0.1) is 0 Å². The van der Waals surface area contributed by atoms with Crippen molar-refractivity contribution >= 4 is 11.9 Å². The largest absolute Gasteiger partial charge is 0.508 e. The van der Waals surface area contributed by atoms with E-state index in [1.165, 1.54) is 19.4 Å². The van der Waals surface area contributed by atoms with Gasteiger partial charge in [0.2, 0.25) is 5.90 Å². The quantitative estimate of drug-likeness (QED) is 0.875. The second-order valence-electron chi connectivity index (χ2n) is 4.85. The van der Waals surface area contributed by atoms with Crippen LogP contribution in [0.2, 0.25) is 0 Å². The lowest BCUT2D eigenvalue weighted by Gasteiger charge is -2.08. The summed E-state index contributed by atoms with van der Waals surface area (Å²) in [4.78, 5) is 20.6. The molecule has 1 aromatic heterocycles. The Balaban J connectivity index is 1.61. The molecule has 1 N–H and O–H groups in total. The Hall–Kier alpha value is -3.09. The zero-order chi connectivity index (χ0) is 16.2. The van der Waals surface area contributed by atoms with Crippen molar-refractivity contribution < 1.29 is 24.2 Å². The van der Waals surface area contributed by atoms with Crippen molar-refractivity contribution in [2.24, 2.45) is 5.16 Å². The predicted molar refractivity (Wildman–Crippen MR) is 80.2 cm³/mol. The fourth-order valence-corrected chi connectivity index (χ4v) is 2.09. The molecule has 1 atom stereocenters. The minimum atomic E-state index is -0.509. The average molecular weight is 314 g/mol. The summed E-state index contributed by atoms with van der Waals surface area (Å²) in [5, 5.41) is 13.2. The van der Waals surface area contributed by atoms with Crippen LogP contribution in [-0.2, 0) is 9.57 Å². The van der Waals surface area contributed by atoms with Crippen LogP contribution in [0.5, 0.6) is 11.5 Å². The van der Waals surface area contributed by atoms with E-state index in [4.69, 9.17) is 9.57 Å². The Morgan fingerprint density at radius 2 is 2.04 bits per heavy atom. The number of hydrogen-bond acceptors (Lipinski definition) is 7. The molecule has 0 saturated heterocycles. The Bertz CT molecular complexity index is 725. The normalized spacial score (nSPS) is 16.4.